The molecule has 2 rings (SSSR count). The summed E-state index contributed by atoms with van der Waals surface area (Å²) in [7, 11) is 1.84. The predicted octanol–water partition coefficient (Wildman–Crippen LogP) is 1.36. The quantitative estimate of drug-likeness (QED) is 0.856. The molecule has 0 aliphatic carbocycles. The van der Waals surface area contributed by atoms with Gasteiger partial charge in [0.05, 0.1) is 6.61 Å². The van der Waals surface area contributed by atoms with Gasteiger partial charge in [0.25, 0.3) is 0 Å². The first-order valence-electron chi connectivity index (χ1n) is 5.71. The molecule has 1 aliphatic rings. The third-order valence-corrected chi connectivity index (χ3v) is 3.39. The van der Waals surface area contributed by atoms with Gasteiger partial charge < -0.3 is 9.84 Å². The highest BCUT2D eigenvalue weighted by Gasteiger charge is 2.45. The van der Waals surface area contributed by atoms with Crippen molar-refractivity contribution in [3.8, 4) is 0 Å². The van der Waals surface area contributed by atoms with Crippen LogP contribution < -0.4 is 0 Å². The number of carboxylic acids is 1. The van der Waals surface area contributed by atoms with E-state index in [-0.39, 0.29) is 6.61 Å². The lowest BCUT2D eigenvalue weighted by Crippen LogP contribution is -2.53. The summed E-state index contributed by atoms with van der Waals surface area (Å²) in [6.07, 6.45) is 0.547. The number of carboxylic acid groups (broad SMARTS) is 1. The molecule has 17 heavy (non-hydrogen) atoms. The Morgan fingerprint density at radius 3 is 2.71 bits per heavy atom. The lowest BCUT2D eigenvalue weighted by molar-refractivity contribution is -0.151. The van der Waals surface area contributed by atoms with Crippen molar-refractivity contribution < 1.29 is 14.6 Å². The molecule has 1 N–H and O–H groups in total. The highest BCUT2D eigenvalue weighted by molar-refractivity contribution is 5.79. The van der Waals surface area contributed by atoms with Gasteiger partial charge in [0.15, 0.2) is 0 Å². The van der Waals surface area contributed by atoms with E-state index >= 15 is 0 Å². The van der Waals surface area contributed by atoms with Gasteiger partial charge in [0.2, 0.25) is 0 Å². The maximum absolute atomic E-state index is 11.4. The second-order valence-corrected chi connectivity index (χ2v) is 4.48. The number of hydrogen-bond donors (Lipinski definition) is 1. The van der Waals surface area contributed by atoms with Crippen LogP contribution in [0.1, 0.15) is 12.0 Å². The van der Waals surface area contributed by atoms with Crippen LogP contribution in [-0.4, -0.2) is 41.8 Å². The van der Waals surface area contributed by atoms with E-state index in [2.05, 4.69) is 0 Å². The first-order chi connectivity index (χ1) is 8.15. The minimum absolute atomic E-state index is 0.270. The first-order valence-corrected chi connectivity index (χ1v) is 5.71. The molecule has 0 radical (unpaired) electrons. The Bertz CT molecular complexity index is 385. The van der Waals surface area contributed by atoms with Crippen LogP contribution in [-0.2, 0) is 16.1 Å². The summed E-state index contributed by atoms with van der Waals surface area (Å²) >= 11 is 0. The number of likely N-dealkylation sites (N-methyl/N-ethyl adjacent to an activating group) is 1. The molecule has 1 heterocycles. The Balaban J connectivity index is 2.13. The molecule has 92 valence electrons. The number of aliphatic carboxylic acids is 1. The molecule has 1 aliphatic heterocycles. The number of hydrogen-bond acceptors (Lipinski definition) is 3. The van der Waals surface area contributed by atoms with Crippen molar-refractivity contribution in [1.82, 2.24) is 4.90 Å². The minimum Gasteiger partial charge on any atom is -0.480 e. The smallest absolute Gasteiger partial charge is 0.326 e. The minimum atomic E-state index is -0.865. The average molecular weight is 235 g/mol. The number of rotatable bonds is 4. The zero-order valence-corrected chi connectivity index (χ0v) is 9.93. The molecule has 1 unspecified atom stereocenters. The van der Waals surface area contributed by atoms with Gasteiger partial charge >= 0.3 is 5.97 Å². The lowest BCUT2D eigenvalue weighted by atomic mass is 9.96. The summed E-state index contributed by atoms with van der Waals surface area (Å²) in [5.74, 6) is -0.798. The number of carbonyl (C=O) groups is 1. The average Bonchev–Trinajstić information content (AvgIpc) is 2.80. The van der Waals surface area contributed by atoms with Crippen molar-refractivity contribution >= 4 is 5.97 Å². The molecule has 0 spiro atoms. The van der Waals surface area contributed by atoms with E-state index in [1.54, 1.807) is 0 Å². The van der Waals surface area contributed by atoms with Crippen LogP contribution in [0.3, 0.4) is 0 Å². The normalized spacial score (nSPS) is 24.1. The number of nitrogens with zero attached hydrogens (tertiary/aromatic N) is 1. The van der Waals surface area contributed by atoms with E-state index < -0.39 is 11.5 Å². The van der Waals surface area contributed by atoms with Gasteiger partial charge in [-0.1, -0.05) is 30.3 Å². The highest BCUT2D eigenvalue weighted by Crippen LogP contribution is 2.26. The van der Waals surface area contributed by atoms with Crippen molar-refractivity contribution in [2.24, 2.45) is 0 Å². The van der Waals surface area contributed by atoms with E-state index in [1.807, 2.05) is 42.3 Å². The molecule has 0 aromatic heterocycles. The summed E-state index contributed by atoms with van der Waals surface area (Å²) in [5.41, 5.74) is 0.248. The zero-order valence-electron chi connectivity index (χ0n) is 9.93. The SMILES string of the molecule is CN(Cc1ccccc1)C1(C(=O)O)CCOC1. The van der Waals surface area contributed by atoms with Crippen LogP contribution >= 0.6 is 0 Å². The molecular weight excluding hydrogens is 218 g/mol. The number of benzene rings is 1. The molecule has 1 aromatic rings. The fourth-order valence-corrected chi connectivity index (χ4v) is 2.20. The van der Waals surface area contributed by atoms with Gasteiger partial charge in [-0.2, -0.15) is 0 Å². The monoisotopic (exact) mass is 235 g/mol. The highest BCUT2D eigenvalue weighted by atomic mass is 16.5. The Morgan fingerprint density at radius 1 is 1.47 bits per heavy atom. The third kappa shape index (κ3) is 2.33. The molecule has 0 amide bonds. The standard InChI is InChI=1S/C13H17NO3/c1-14(9-11-5-3-2-4-6-11)13(12(15)16)7-8-17-10-13/h2-6H,7-10H2,1H3,(H,15,16). The van der Waals surface area contributed by atoms with E-state index in [1.165, 1.54) is 0 Å². The summed E-state index contributed by atoms with van der Waals surface area (Å²) in [6, 6.07) is 9.88. The molecule has 1 aromatic carbocycles. The van der Waals surface area contributed by atoms with Crippen molar-refractivity contribution in [3.05, 3.63) is 35.9 Å². The van der Waals surface area contributed by atoms with Crippen LogP contribution in [0, 0.1) is 0 Å². The lowest BCUT2D eigenvalue weighted by Gasteiger charge is -2.33. The topological polar surface area (TPSA) is 49.8 Å². The van der Waals surface area contributed by atoms with Gasteiger partial charge in [-0.25, -0.2) is 0 Å². The molecular formula is C13H17NO3. The van der Waals surface area contributed by atoms with Gasteiger partial charge in [-0.3, -0.25) is 9.69 Å². The maximum atomic E-state index is 11.4. The van der Waals surface area contributed by atoms with Crippen molar-refractivity contribution in [3.63, 3.8) is 0 Å². The summed E-state index contributed by atoms with van der Waals surface area (Å²) < 4.78 is 5.26. The molecule has 0 bridgehead atoms. The first kappa shape index (κ1) is 12.1. The molecule has 4 nitrogen and oxygen atoms in total. The molecule has 1 saturated heterocycles. The van der Waals surface area contributed by atoms with Gasteiger partial charge in [0.1, 0.15) is 5.54 Å². The molecule has 4 heteroatoms. The van der Waals surface area contributed by atoms with Crippen molar-refractivity contribution in [2.45, 2.75) is 18.5 Å². The van der Waals surface area contributed by atoms with Crippen LogP contribution in [0.2, 0.25) is 0 Å². The van der Waals surface area contributed by atoms with E-state index in [0.717, 1.165) is 5.56 Å². The Kier molecular flexibility index (Phi) is 3.45. The second-order valence-electron chi connectivity index (χ2n) is 4.48. The molecule has 1 atom stereocenters. The van der Waals surface area contributed by atoms with Gasteiger partial charge in [-0.05, 0) is 12.6 Å². The third-order valence-electron chi connectivity index (χ3n) is 3.39. The van der Waals surface area contributed by atoms with Crippen molar-refractivity contribution in [1.29, 1.82) is 0 Å². The van der Waals surface area contributed by atoms with Gasteiger partial charge in [0, 0.05) is 19.6 Å². The van der Waals surface area contributed by atoms with E-state index in [0.29, 0.717) is 19.6 Å². The van der Waals surface area contributed by atoms with Crippen LogP contribution in [0.15, 0.2) is 30.3 Å². The fraction of sp³-hybridized carbons (Fsp3) is 0.462. The largest absolute Gasteiger partial charge is 0.480 e. The Hall–Kier alpha value is -1.39. The van der Waals surface area contributed by atoms with Crippen LogP contribution in [0.4, 0.5) is 0 Å². The summed E-state index contributed by atoms with van der Waals surface area (Å²) in [4.78, 5) is 13.3. The summed E-state index contributed by atoms with van der Waals surface area (Å²) in [6.45, 7) is 1.41. The van der Waals surface area contributed by atoms with E-state index in [4.69, 9.17) is 4.74 Å². The second kappa shape index (κ2) is 4.85. The summed E-state index contributed by atoms with van der Waals surface area (Å²) in [5, 5.41) is 9.39. The van der Waals surface area contributed by atoms with Crippen LogP contribution in [0.5, 0.6) is 0 Å². The predicted molar refractivity (Wildman–Crippen MR) is 63.7 cm³/mol. The maximum Gasteiger partial charge on any atom is 0.326 e. The van der Waals surface area contributed by atoms with Gasteiger partial charge in [-0.15, -0.1) is 0 Å². The van der Waals surface area contributed by atoms with Crippen LogP contribution in [0.25, 0.3) is 0 Å². The Labute approximate surface area is 101 Å². The van der Waals surface area contributed by atoms with E-state index in [9.17, 15) is 9.90 Å². The van der Waals surface area contributed by atoms with Crippen molar-refractivity contribution in [2.75, 3.05) is 20.3 Å². The number of ether oxygens (including phenoxy) is 1. The molecule has 0 saturated carbocycles. The zero-order chi connectivity index (χ0) is 12.3. The molecule has 1 fully saturated rings. The Morgan fingerprint density at radius 2 is 2.18 bits per heavy atom. The fourth-order valence-electron chi connectivity index (χ4n) is 2.20.